The van der Waals surface area contributed by atoms with Crippen LogP contribution in [0.25, 0.3) is 17.8 Å². The topological polar surface area (TPSA) is 52.8 Å². The van der Waals surface area contributed by atoms with Crippen LogP contribution in [0.2, 0.25) is 0 Å². The zero-order valence-corrected chi connectivity index (χ0v) is 13.5. The molecule has 23 heavy (non-hydrogen) atoms. The number of para-hydroxylation sites is 1. The zero-order valence-electron chi connectivity index (χ0n) is 11.9. The van der Waals surface area contributed by atoms with Crippen molar-refractivity contribution in [3.05, 3.63) is 68.7 Å². The lowest BCUT2D eigenvalue weighted by molar-refractivity contribution is 0.174. The molecule has 3 heterocycles. The molecule has 0 saturated carbocycles. The van der Waals surface area contributed by atoms with Crippen LogP contribution in [0.5, 0.6) is 11.5 Å². The second kappa shape index (κ2) is 5.55. The SMILES string of the molecule is O=c1c(Br)c(C=Cc2cccc3c2OCO3)nc2ccccn12. The van der Waals surface area contributed by atoms with Crippen molar-refractivity contribution in [3.8, 4) is 11.5 Å². The maximum Gasteiger partial charge on any atom is 0.272 e. The van der Waals surface area contributed by atoms with Crippen LogP contribution in [-0.2, 0) is 0 Å². The second-order valence-electron chi connectivity index (χ2n) is 4.96. The van der Waals surface area contributed by atoms with Crippen molar-refractivity contribution in [3.63, 3.8) is 0 Å². The molecule has 4 rings (SSSR count). The molecule has 1 aliphatic rings. The molecule has 0 aliphatic carbocycles. The van der Waals surface area contributed by atoms with Crippen molar-refractivity contribution in [1.82, 2.24) is 9.38 Å². The smallest absolute Gasteiger partial charge is 0.272 e. The summed E-state index contributed by atoms with van der Waals surface area (Å²) in [5.41, 5.74) is 1.89. The lowest BCUT2D eigenvalue weighted by Gasteiger charge is -2.04. The van der Waals surface area contributed by atoms with Crippen molar-refractivity contribution < 1.29 is 9.47 Å². The number of hydrogen-bond donors (Lipinski definition) is 0. The Bertz CT molecular complexity index is 995. The van der Waals surface area contributed by atoms with Crippen molar-refractivity contribution >= 4 is 33.7 Å². The van der Waals surface area contributed by atoms with Gasteiger partial charge < -0.3 is 9.47 Å². The first-order valence-electron chi connectivity index (χ1n) is 6.97. The quantitative estimate of drug-likeness (QED) is 0.693. The van der Waals surface area contributed by atoms with Crippen LogP contribution < -0.4 is 15.0 Å². The van der Waals surface area contributed by atoms with Gasteiger partial charge in [0.2, 0.25) is 6.79 Å². The molecule has 1 aliphatic heterocycles. The van der Waals surface area contributed by atoms with Crippen LogP contribution in [0.15, 0.2) is 51.9 Å². The van der Waals surface area contributed by atoms with Gasteiger partial charge in [0.1, 0.15) is 10.1 Å². The molecule has 0 saturated heterocycles. The monoisotopic (exact) mass is 370 g/mol. The highest BCUT2D eigenvalue weighted by molar-refractivity contribution is 9.10. The van der Waals surface area contributed by atoms with E-state index in [4.69, 9.17) is 9.47 Å². The minimum Gasteiger partial charge on any atom is -0.454 e. The van der Waals surface area contributed by atoms with Crippen molar-refractivity contribution in [1.29, 1.82) is 0 Å². The Morgan fingerprint density at radius 3 is 2.96 bits per heavy atom. The molecule has 6 heteroatoms. The molecule has 0 fully saturated rings. The highest BCUT2D eigenvalue weighted by Gasteiger charge is 2.15. The molecule has 0 bridgehead atoms. The van der Waals surface area contributed by atoms with Gasteiger partial charge in [-0.05, 0) is 46.3 Å². The molecule has 0 radical (unpaired) electrons. The summed E-state index contributed by atoms with van der Waals surface area (Å²) in [5.74, 6) is 1.43. The highest BCUT2D eigenvalue weighted by atomic mass is 79.9. The summed E-state index contributed by atoms with van der Waals surface area (Å²) in [6, 6.07) is 11.1. The summed E-state index contributed by atoms with van der Waals surface area (Å²) in [5, 5.41) is 0. The summed E-state index contributed by atoms with van der Waals surface area (Å²) < 4.78 is 12.7. The fraction of sp³-hybridized carbons (Fsp3) is 0.0588. The van der Waals surface area contributed by atoms with Gasteiger partial charge in [-0.3, -0.25) is 9.20 Å². The van der Waals surface area contributed by atoms with Crippen LogP contribution in [0.4, 0.5) is 0 Å². The maximum atomic E-state index is 12.3. The maximum absolute atomic E-state index is 12.3. The highest BCUT2D eigenvalue weighted by Crippen LogP contribution is 2.36. The Morgan fingerprint density at radius 1 is 1.13 bits per heavy atom. The molecule has 2 aromatic heterocycles. The molecular weight excluding hydrogens is 360 g/mol. The summed E-state index contributed by atoms with van der Waals surface area (Å²) in [4.78, 5) is 16.8. The predicted octanol–water partition coefficient (Wildman–Crippen LogP) is 3.36. The molecule has 114 valence electrons. The molecule has 0 amide bonds. The first kappa shape index (κ1) is 14.0. The molecule has 5 nitrogen and oxygen atoms in total. The van der Waals surface area contributed by atoms with Gasteiger partial charge in [-0.15, -0.1) is 0 Å². The number of halogens is 1. The summed E-state index contributed by atoms with van der Waals surface area (Å²) in [6.45, 7) is 0.222. The Labute approximate surface area is 139 Å². The molecule has 0 N–H and O–H groups in total. The van der Waals surface area contributed by atoms with Crippen molar-refractivity contribution in [2.75, 3.05) is 6.79 Å². The molecule has 0 spiro atoms. The van der Waals surface area contributed by atoms with Crippen LogP contribution in [0.3, 0.4) is 0 Å². The first-order valence-corrected chi connectivity index (χ1v) is 7.77. The van der Waals surface area contributed by atoms with E-state index in [9.17, 15) is 4.79 Å². The van der Waals surface area contributed by atoms with E-state index in [2.05, 4.69) is 20.9 Å². The van der Waals surface area contributed by atoms with E-state index in [0.29, 0.717) is 21.6 Å². The van der Waals surface area contributed by atoms with Gasteiger partial charge >= 0.3 is 0 Å². The summed E-state index contributed by atoms with van der Waals surface area (Å²) in [6.07, 6.45) is 5.34. The summed E-state index contributed by atoms with van der Waals surface area (Å²) >= 11 is 3.33. The number of fused-ring (bicyclic) bond motifs is 2. The average molecular weight is 371 g/mol. The fourth-order valence-electron chi connectivity index (χ4n) is 2.45. The van der Waals surface area contributed by atoms with Gasteiger partial charge in [0.05, 0.1) is 5.69 Å². The van der Waals surface area contributed by atoms with Gasteiger partial charge in [-0.1, -0.05) is 18.2 Å². The number of nitrogens with zero attached hydrogens (tertiary/aromatic N) is 2. The third-order valence-electron chi connectivity index (χ3n) is 3.55. The van der Waals surface area contributed by atoms with E-state index in [-0.39, 0.29) is 12.4 Å². The zero-order chi connectivity index (χ0) is 15.8. The fourth-order valence-corrected chi connectivity index (χ4v) is 2.86. The third kappa shape index (κ3) is 2.41. The van der Waals surface area contributed by atoms with E-state index in [1.807, 2.05) is 30.3 Å². The Balaban J connectivity index is 1.80. The number of ether oxygens (including phenoxy) is 2. The normalized spacial score (nSPS) is 13.1. The number of benzene rings is 1. The van der Waals surface area contributed by atoms with E-state index in [1.54, 1.807) is 24.4 Å². The predicted molar refractivity (Wildman–Crippen MR) is 90.7 cm³/mol. The lowest BCUT2D eigenvalue weighted by atomic mass is 10.1. The van der Waals surface area contributed by atoms with E-state index >= 15 is 0 Å². The largest absolute Gasteiger partial charge is 0.454 e. The first-order chi connectivity index (χ1) is 11.2. The van der Waals surface area contributed by atoms with Crippen LogP contribution in [0.1, 0.15) is 11.3 Å². The average Bonchev–Trinajstić information content (AvgIpc) is 3.06. The van der Waals surface area contributed by atoms with Crippen molar-refractivity contribution in [2.24, 2.45) is 0 Å². The van der Waals surface area contributed by atoms with Crippen LogP contribution in [0, 0.1) is 0 Å². The molecule has 1 aromatic carbocycles. The Kier molecular flexibility index (Phi) is 3.38. The van der Waals surface area contributed by atoms with Crippen molar-refractivity contribution in [2.45, 2.75) is 0 Å². The van der Waals surface area contributed by atoms with E-state index < -0.39 is 0 Å². The Hall–Kier alpha value is -2.60. The number of aromatic nitrogens is 2. The molecular formula is C17H11BrN2O3. The number of rotatable bonds is 2. The van der Waals surface area contributed by atoms with Crippen LogP contribution in [-0.4, -0.2) is 16.2 Å². The molecule has 3 aromatic rings. The standard InChI is InChI=1S/C17H11BrN2O3/c18-15-12(19-14-6-1-2-9-20(14)17(15)21)8-7-11-4-3-5-13-16(11)23-10-22-13/h1-9H,10H2. The van der Waals surface area contributed by atoms with Gasteiger partial charge in [-0.2, -0.15) is 0 Å². The van der Waals surface area contributed by atoms with Gasteiger partial charge in [0.15, 0.2) is 11.5 Å². The lowest BCUT2D eigenvalue weighted by Crippen LogP contribution is -2.16. The van der Waals surface area contributed by atoms with E-state index in [0.717, 1.165) is 11.3 Å². The Morgan fingerprint density at radius 2 is 2.04 bits per heavy atom. The second-order valence-corrected chi connectivity index (χ2v) is 5.75. The molecule has 0 unspecified atom stereocenters. The van der Waals surface area contributed by atoms with Gasteiger partial charge in [-0.25, -0.2) is 4.98 Å². The number of hydrogen-bond acceptors (Lipinski definition) is 4. The van der Waals surface area contributed by atoms with E-state index in [1.165, 1.54) is 4.40 Å². The van der Waals surface area contributed by atoms with Crippen LogP contribution >= 0.6 is 15.9 Å². The summed E-state index contributed by atoms with van der Waals surface area (Å²) in [7, 11) is 0. The minimum atomic E-state index is -0.145. The third-order valence-corrected chi connectivity index (χ3v) is 4.30. The minimum absolute atomic E-state index is 0.145. The van der Waals surface area contributed by atoms with Gasteiger partial charge in [0, 0.05) is 11.8 Å². The number of pyridine rings is 1. The molecule has 0 atom stereocenters. The van der Waals surface area contributed by atoms with Gasteiger partial charge in [0.25, 0.3) is 5.56 Å².